The Morgan fingerprint density at radius 3 is 2.19 bits per heavy atom. The quantitative estimate of drug-likeness (QED) is 0.750. The number of nitrogens with zero attached hydrogens (tertiary/aromatic N) is 2. The first-order chi connectivity index (χ1) is 7.85. The zero-order valence-corrected chi connectivity index (χ0v) is 10.5. The van der Waals surface area contributed by atoms with Crippen LogP contribution in [0.4, 0.5) is 0 Å². The van der Waals surface area contributed by atoms with Gasteiger partial charge in [-0.25, -0.2) is 0 Å². The van der Waals surface area contributed by atoms with Gasteiger partial charge in [-0.2, -0.15) is 0 Å². The molecule has 0 aromatic heterocycles. The number of hydrogen-bond donors (Lipinski definition) is 1. The number of hydrogen-bond acceptors (Lipinski definition) is 3. The molecule has 3 fully saturated rings. The Labute approximate surface area is 99.2 Å². The largest absolute Gasteiger partial charge is 0.311 e. The molecule has 0 aromatic rings. The lowest BCUT2D eigenvalue weighted by Crippen LogP contribution is -2.54. The first-order valence-electron chi connectivity index (χ1n) is 7.07. The summed E-state index contributed by atoms with van der Waals surface area (Å²) in [5.41, 5.74) is 0. The van der Waals surface area contributed by atoms with Gasteiger partial charge in [0.1, 0.15) is 0 Å². The molecule has 2 unspecified atom stereocenters. The highest BCUT2D eigenvalue weighted by molar-refractivity contribution is 4.96. The van der Waals surface area contributed by atoms with Gasteiger partial charge in [0.15, 0.2) is 0 Å². The number of piperidine rings is 1. The number of piperazine rings is 1. The van der Waals surface area contributed by atoms with Crippen LogP contribution in [0, 0.1) is 0 Å². The molecule has 2 atom stereocenters. The van der Waals surface area contributed by atoms with Gasteiger partial charge < -0.3 is 10.2 Å². The Hall–Kier alpha value is -0.120. The van der Waals surface area contributed by atoms with Crippen LogP contribution in [0.2, 0.25) is 0 Å². The maximum atomic E-state index is 3.74. The Balaban J connectivity index is 1.54. The number of likely N-dealkylation sites (N-methyl/N-ethyl adjacent to an activating group) is 1. The van der Waals surface area contributed by atoms with Gasteiger partial charge in [-0.3, -0.25) is 4.90 Å². The van der Waals surface area contributed by atoms with E-state index in [1.165, 1.54) is 58.4 Å². The SMILES string of the molecule is CCN1CCN(C2CC3CCC(C2)N3)CC1. The standard InChI is InChI=1S/C13H25N3/c1-2-15-5-7-16(8-6-15)13-9-11-3-4-12(10-13)14-11/h11-14H,2-10H2,1H3. The van der Waals surface area contributed by atoms with Crippen molar-refractivity contribution < 1.29 is 0 Å². The summed E-state index contributed by atoms with van der Waals surface area (Å²) in [5, 5.41) is 3.74. The molecule has 16 heavy (non-hydrogen) atoms. The lowest BCUT2D eigenvalue weighted by Gasteiger charge is -2.42. The fraction of sp³-hybridized carbons (Fsp3) is 1.00. The van der Waals surface area contributed by atoms with E-state index in [1.807, 2.05) is 0 Å². The maximum Gasteiger partial charge on any atom is 0.0126 e. The number of fused-ring (bicyclic) bond motifs is 2. The maximum absolute atomic E-state index is 3.74. The second-order valence-electron chi connectivity index (χ2n) is 5.73. The molecule has 3 aliphatic rings. The van der Waals surface area contributed by atoms with Crippen LogP contribution in [0.25, 0.3) is 0 Å². The van der Waals surface area contributed by atoms with E-state index in [2.05, 4.69) is 22.0 Å². The van der Waals surface area contributed by atoms with E-state index in [0.29, 0.717) is 0 Å². The van der Waals surface area contributed by atoms with Crippen LogP contribution in [-0.4, -0.2) is 60.6 Å². The molecule has 0 aliphatic carbocycles. The second kappa shape index (κ2) is 4.63. The van der Waals surface area contributed by atoms with Crippen molar-refractivity contribution in [3.05, 3.63) is 0 Å². The highest BCUT2D eigenvalue weighted by Gasteiger charge is 2.36. The van der Waals surface area contributed by atoms with Crippen molar-refractivity contribution in [2.45, 2.75) is 50.7 Å². The van der Waals surface area contributed by atoms with E-state index in [9.17, 15) is 0 Å². The van der Waals surface area contributed by atoms with E-state index in [4.69, 9.17) is 0 Å². The molecular weight excluding hydrogens is 198 g/mol. The molecule has 3 heterocycles. The summed E-state index contributed by atoms with van der Waals surface area (Å²) < 4.78 is 0. The fourth-order valence-corrected chi connectivity index (χ4v) is 3.77. The van der Waals surface area contributed by atoms with Gasteiger partial charge in [-0.15, -0.1) is 0 Å². The summed E-state index contributed by atoms with van der Waals surface area (Å²) >= 11 is 0. The van der Waals surface area contributed by atoms with Crippen molar-refractivity contribution in [2.75, 3.05) is 32.7 Å². The zero-order chi connectivity index (χ0) is 11.0. The summed E-state index contributed by atoms with van der Waals surface area (Å²) in [6.45, 7) is 8.69. The van der Waals surface area contributed by atoms with Crippen molar-refractivity contribution in [1.82, 2.24) is 15.1 Å². The number of nitrogens with one attached hydrogen (secondary N) is 1. The summed E-state index contributed by atoms with van der Waals surface area (Å²) in [6, 6.07) is 2.57. The Kier molecular flexibility index (Phi) is 3.18. The summed E-state index contributed by atoms with van der Waals surface area (Å²) in [4.78, 5) is 5.34. The minimum absolute atomic E-state index is 0.841. The first kappa shape index (κ1) is 11.0. The lowest BCUT2D eigenvalue weighted by molar-refractivity contribution is 0.0750. The van der Waals surface area contributed by atoms with Crippen molar-refractivity contribution in [3.63, 3.8) is 0 Å². The first-order valence-corrected chi connectivity index (χ1v) is 7.07. The summed E-state index contributed by atoms with van der Waals surface area (Å²) in [6.07, 6.45) is 5.66. The second-order valence-corrected chi connectivity index (χ2v) is 5.73. The molecular formula is C13H25N3. The van der Waals surface area contributed by atoms with Gasteiger partial charge in [0.05, 0.1) is 0 Å². The minimum Gasteiger partial charge on any atom is -0.311 e. The monoisotopic (exact) mass is 223 g/mol. The molecule has 0 radical (unpaired) electrons. The molecule has 3 heteroatoms. The average molecular weight is 223 g/mol. The van der Waals surface area contributed by atoms with Gasteiger partial charge in [-0.05, 0) is 32.2 Å². The van der Waals surface area contributed by atoms with Crippen LogP contribution in [0.5, 0.6) is 0 Å². The number of rotatable bonds is 2. The van der Waals surface area contributed by atoms with Gasteiger partial charge in [-0.1, -0.05) is 6.92 Å². The lowest BCUT2D eigenvalue weighted by atomic mass is 9.97. The molecule has 0 amide bonds. The minimum atomic E-state index is 0.841. The summed E-state index contributed by atoms with van der Waals surface area (Å²) in [7, 11) is 0. The van der Waals surface area contributed by atoms with Crippen LogP contribution in [0.15, 0.2) is 0 Å². The molecule has 92 valence electrons. The molecule has 3 nitrogen and oxygen atoms in total. The normalized spacial score (nSPS) is 41.4. The molecule has 3 rings (SSSR count). The molecule has 1 N–H and O–H groups in total. The predicted molar refractivity (Wildman–Crippen MR) is 66.7 cm³/mol. The van der Waals surface area contributed by atoms with Crippen LogP contribution in [0.1, 0.15) is 32.6 Å². The third-order valence-corrected chi connectivity index (χ3v) is 4.82. The highest BCUT2D eigenvalue weighted by atomic mass is 15.3. The highest BCUT2D eigenvalue weighted by Crippen LogP contribution is 2.30. The predicted octanol–water partition coefficient (Wildman–Crippen LogP) is 0.907. The molecule has 3 aliphatic heterocycles. The van der Waals surface area contributed by atoms with Crippen molar-refractivity contribution in [3.8, 4) is 0 Å². The van der Waals surface area contributed by atoms with Crippen LogP contribution < -0.4 is 5.32 Å². The van der Waals surface area contributed by atoms with Gasteiger partial charge in [0.2, 0.25) is 0 Å². The topological polar surface area (TPSA) is 18.5 Å². The molecule has 0 aromatic carbocycles. The molecule has 3 saturated heterocycles. The Morgan fingerprint density at radius 2 is 1.62 bits per heavy atom. The van der Waals surface area contributed by atoms with E-state index >= 15 is 0 Å². The van der Waals surface area contributed by atoms with Gasteiger partial charge >= 0.3 is 0 Å². The molecule has 2 bridgehead atoms. The zero-order valence-electron chi connectivity index (χ0n) is 10.5. The van der Waals surface area contributed by atoms with E-state index in [1.54, 1.807) is 0 Å². The van der Waals surface area contributed by atoms with Crippen LogP contribution in [-0.2, 0) is 0 Å². The van der Waals surface area contributed by atoms with Crippen LogP contribution in [0.3, 0.4) is 0 Å². The van der Waals surface area contributed by atoms with Crippen molar-refractivity contribution >= 4 is 0 Å². The van der Waals surface area contributed by atoms with Gasteiger partial charge in [0.25, 0.3) is 0 Å². The Morgan fingerprint density at radius 1 is 1.00 bits per heavy atom. The van der Waals surface area contributed by atoms with E-state index in [0.717, 1.165) is 18.1 Å². The van der Waals surface area contributed by atoms with Crippen LogP contribution >= 0.6 is 0 Å². The van der Waals surface area contributed by atoms with Crippen molar-refractivity contribution in [2.24, 2.45) is 0 Å². The molecule has 0 saturated carbocycles. The Bertz CT molecular complexity index is 223. The van der Waals surface area contributed by atoms with Crippen molar-refractivity contribution in [1.29, 1.82) is 0 Å². The average Bonchev–Trinajstić information content (AvgIpc) is 2.68. The third-order valence-electron chi connectivity index (χ3n) is 4.82. The fourth-order valence-electron chi connectivity index (χ4n) is 3.77. The summed E-state index contributed by atoms with van der Waals surface area (Å²) in [5.74, 6) is 0. The molecule has 0 spiro atoms. The van der Waals surface area contributed by atoms with E-state index < -0.39 is 0 Å². The van der Waals surface area contributed by atoms with Gasteiger partial charge in [0, 0.05) is 44.3 Å². The third kappa shape index (κ3) is 2.13. The van der Waals surface area contributed by atoms with E-state index in [-0.39, 0.29) is 0 Å². The smallest absolute Gasteiger partial charge is 0.0126 e.